The van der Waals surface area contributed by atoms with Crippen LogP contribution >= 0.6 is 0 Å². The van der Waals surface area contributed by atoms with Crippen molar-refractivity contribution in [3.8, 4) is 0 Å². The molecule has 1 aromatic carbocycles. The van der Waals surface area contributed by atoms with Gasteiger partial charge in [0, 0.05) is 31.3 Å². The summed E-state index contributed by atoms with van der Waals surface area (Å²) in [5.41, 5.74) is 2.64. The Hall–Kier alpha value is -1.88. The lowest BCUT2D eigenvalue weighted by Gasteiger charge is -2.18. The largest absolute Gasteiger partial charge is 0.383 e. The van der Waals surface area contributed by atoms with Crippen molar-refractivity contribution in [2.24, 2.45) is 0 Å². The van der Waals surface area contributed by atoms with E-state index in [2.05, 4.69) is 5.32 Å². The smallest absolute Gasteiger partial charge is 0.251 e. The number of amides is 2. The quantitative estimate of drug-likeness (QED) is 0.876. The lowest BCUT2D eigenvalue weighted by atomic mass is 10.1. The Labute approximate surface area is 131 Å². The van der Waals surface area contributed by atoms with E-state index in [1.807, 2.05) is 26.0 Å². The van der Waals surface area contributed by atoms with Gasteiger partial charge in [0.15, 0.2) is 0 Å². The third-order valence-corrected chi connectivity index (χ3v) is 4.04. The summed E-state index contributed by atoms with van der Waals surface area (Å²) in [6.45, 7) is 5.09. The summed E-state index contributed by atoms with van der Waals surface area (Å²) >= 11 is 0. The molecule has 1 N–H and O–H groups in total. The predicted octanol–water partition coefficient (Wildman–Crippen LogP) is 2.14. The number of benzene rings is 1. The van der Waals surface area contributed by atoms with Gasteiger partial charge in [-0.3, -0.25) is 9.59 Å². The highest BCUT2D eigenvalue weighted by Gasteiger charge is 2.24. The summed E-state index contributed by atoms with van der Waals surface area (Å²) < 4.78 is 5.10. The van der Waals surface area contributed by atoms with Gasteiger partial charge in [0.1, 0.15) is 0 Å². The number of carbonyl (C=O) groups excluding carboxylic acids is 2. The summed E-state index contributed by atoms with van der Waals surface area (Å²) in [5, 5.41) is 2.98. The van der Waals surface area contributed by atoms with Gasteiger partial charge in [0.2, 0.25) is 5.91 Å². The molecule has 0 radical (unpaired) electrons. The second-order valence-corrected chi connectivity index (χ2v) is 5.53. The second-order valence-electron chi connectivity index (χ2n) is 5.53. The normalized spacial score (nSPS) is 14.6. The molecule has 0 bridgehead atoms. The number of hydrogen-bond donors (Lipinski definition) is 1. The van der Waals surface area contributed by atoms with Crippen molar-refractivity contribution in [1.82, 2.24) is 5.32 Å². The number of nitrogens with one attached hydrogen (secondary N) is 1. The molecule has 22 heavy (non-hydrogen) atoms. The zero-order chi connectivity index (χ0) is 16.1. The number of methoxy groups -OCH3 is 1. The van der Waals surface area contributed by atoms with Crippen molar-refractivity contribution in [2.45, 2.75) is 39.2 Å². The maximum Gasteiger partial charge on any atom is 0.251 e. The predicted molar refractivity (Wildman–Crippen MR) is 86.2 cm³/mol. The number of rotatable bonds is 6. The highest BCUT2D eigenvalue weighted by molar-refractivity contribution is 5.98. The Morgan fingerprint density at radius 1 is 1.36 bits per heavy atom. The van der Waals surface area contributed by atoms with Gasteiger partial charge in [-0.1, -0.05) is 13.8 Å². The van der Waals surface area contributed by atoms with Gasteiger partial charge >= 0.3 is 0 Å². The van der Waals surface area contributed by atoms with E-state index in [0.717, 1.165) is 24.1 Å². The van der Waals surface area contributed by atoms with Crippen molar-refractivity contribution in [3.05, 3.63) is 29.3 Å². The lowest BCUT2D eigenvalue weighted by Crippen LogP contribution is -2.37. The molecule has 0 saturated carbocycles. The number of nitrogens with zero attached hydrogens (tertiary/aromatic N) is 1. The summed E-state index contributed by atoms with van der Waals surface area (Å²) in [5.74, 6) is 0.0362. The van der Waals surface area contributed by atoms with Gasteiger partial charge in [0.05, 0.1) is 12.6 Å². The molecule has 1 aliphatic heterocycles. The number of carbonyl (C=O) groups is 2. The molecule has 2 rings (SSSR count). The molecule has 0 spiro atoms. The van der Waals surface area contributed by atoms with E-state index in [0.29, 0.717) is 25.1 Å². The van der Waals surface area contributed by atoms with Crippen molar-refractivity contribution in [1.29, 1.82) is 0 Å². The van der Waals surface area contributed by atoms with E-state index in [-0.39, 0.29) is 17.9 Å². The standard InChI is InChI=1S/C17H24N2O3/c1-4-14(11-22-3)18-17(21)13-6-7-15-12(10-13)8-9-19(15)16(20)5-2/h6-7,10,14H,4-5,8-9,11H2,1-3H3,(H,18,21)/t14-/m0/s1. The van der Waals surface area contributed by atoms with Crippen LogP contribution in [0.2, 0.25) is 0 Å². The molecule has 5 heteroatoms. The van der Waals surface area contributed by atoms with E-state index in [1.165, 1.54) is 0 Å². The first-order valence-corrected chi connectivity index (χ1v) is 7.83. The maximum absolute atomic E-state index is 12.3. The second kappa shape index (κ2) is 7.40. The van der Waals surface area contributed by atoms with E-state index >= 15 is 0 Å². The van der Waals surface area contributed by atoms with Gasteiger partial charge in [-0.2, -0.15) is 0 Å². The minimum absolute atomic E-state index is 0.0175. The molecule has 1 atom stereocenters. The monoisotopic (exact) mass is 304 g/mol. The van der Waals surface area contributed by atoms with Gasteiger partial charge in [-0.15, -0.1) is 0 Å². The van der Waals surface area contributed by atoms with Crippen LogP contribution in [0.4, 0.5) is 5.69 Å². The van der Waals surface area contributed by atoms with Gasteiger partial charge < -0.3 is 15.0 Å². The zero-order valence-corrected chi connectivity index (χ0v) is 13.5. The summed E-state index contributed by atoms with van der Waals surface area (Å²) in [6, 6.07) is 5.58. The van der Waals surface area contributed by atoms with Gasteiger partial charge in [-0.25, -0.2) is 0 Å². The molecule has 0 aliphatic carbocycles. The minimum atomic E-state index is -0.0908. The van der Waals surface area contributed by atoms with Gasteiger partial charge in [-0.05, 0) is 36.6 Å². The van der Waals surface area contributed by atoms with Crippen LogP contribution in [-0.4, -0.2) is 38.1 Å². The molecule has 1 aromatic rings. The fraction of sp³-hybridized carbons (Fsp3) is 0.529. The third-order valence-electron chi connectivity index (χ3n) is 4.04. The molecular formula is C17H24N2O3. The van der Waals surface area contributed by atoms with Crippen molar-refractivity contribution in [2.75, 3.05) is 25.2 Å². The zero-order valence-electron chi connectivity index (χ0n) is 13.5. The van der Waals surface area contributed by atoms with Crippen LogP contribution in [0.3, 0.4) is 0 Å². The first-order valence-electron chi connectivity index (χ1n) is 7.83. The van der Waals surface area contributed by atoms with E-state index < -0.39 is 0 Å². The Morgan fingerprint density at radius 2 is 2.14 bits per heavy atom. The van der Waals surface area contributed by atoms with Crippen LogP contribution in [-0.2, 0) is 16.0 Å². The van der Waals surface area contributed by atoms with Crippen LogP contribution in [0, 0.1) is 0 Å². The minimum Gasteiger partial charge on any atom is -0.383 e. The summed E-state index contributed by atoms with van der Waals surface area (Å²) in [4.78, 5) is 26.0. The van der Waals surface area contributed by atoms with Gasteiger partial charge in [0.25, 0.3) is 5.91 Å². The summed E-state index contributed by atoms with van der Waals surface area (Å²) in [7, 11) is 1.63. The molecule has 2 amide bonds. The number of hydrogen-bond acceptors (Lipinski definition) is 3. The molecule has 5 nitrogen and oxygen atoms in total. The molecule has 120 valence electrons. The number of ether oxygens (including phenoxy) is 1. The van der Waals surface area contributed by atoms with Crippen LogP contribution in [0.15, 0.2) is 18.2 Å². The molecule has 1 heterocycles. The first kappa shape index (κ1) is 16.5. The molecule has 0 saturated heterocycles. The molecule has 1 aliphatic rings. The molecule has 0 fully saturated rings. The number of anilines is 1. The Morgan fingerprint density at radius 3 is 2.77 bits per heavy atom. The first-order chi connectivity index (χ1) is 10.6. The Bertz CT molecular complexity index is 557. The fourth-order valence-corrected chi connectivity index (χ4v) is 2.72. The Kier molecular flexibility index (Phi) is 5.55. The molecule has 0 aromatic heterocycles. The highest BCUT2D eigenvalue weighted by atomic mass is 16.5. The number of fused-ring (bicyclic) bond motifs is 1. The Balaban J connectivity index is 2.12. The third kappa shape index (κ3) is 3.47. The van der Waals surface area contributed by atoms with Crippen LogP contribution in [0.25, 0.3) is 0 Å². The van der Waals surface area contributed by atoms with Crippen molar-refractivity contribution < 1.29 is 14.3 Å². The summed E-state index contributed by atoms with van der Waals surface area (Å²) in [6.07, 6.45) is 2.12. The molecule has 0 unspecified atom stereocenters. The average Bonchev–Trinajstić information content (AvgIpc) is 2.96. The maximum atomic E-state index is 12.3. The lowest BCUT2D eigenvalue weighted by molar-refractivity contribution is -0.118. The topological polar surface area (TPSA) is 58.6 Å². The average molecular weight is 304 g/mol. The fourth-order valence-electron chi connectivity index (χ4n) is 2.72. The highest BCUT2D eigenvalue weighted by Crippen LogP contribution is 2.29. The van der Waals surface area contributed by atoms with E-state index in [4.69, 9.17) is 4.74 Å². The van der Waals surface area contributed by atoms with Crippen molar-refractivity contribution >= 4 is 17.5 Å². The van der Waals surface area contributed by atoms with E-state index in [1.54, 1.807) is 18.1 Å². The van der Waals surface area contributed by atoms with Crippen molar-refractivity contribution in [3.63, 3.8) is 0 Å². The van der Waals surface area contributed by atoms with Crippen LogP contribution in [0.1, 0.15) is 42.6 Å². The van der Waals surface area contributed by atoms with E-state index in [9.17, 15) is 9.59 Å². The molecular weight excluding hydrogens is 280 g/mol. The SMILES string of the molecule is CCC(=O)N1CCc2cc(C(=O)N[C@@H](CC)COC)ccc21. The van der Waals surface area contributed by atoms with Crippen LogP contribution in [0.5, 0.6) is 0 Å². The van der Waals surface area contributed by atoms with Crippen LogP contribution < -0.4 is 10.2 Å².